The van der Waals surface area contributed by atoms with Gasteiger partial charge >= 0.3 is 0 Å². The minimum Gasteiger partial charge on any atom is -0.384 e. The molecule has 0 aliphatic rings. The van der Waals surface area contributed by atoms with Crippen molar-refractivity contribution < 1.29 is 0 Å². The van der Waals surface area contributed by atoms with Crippen molar-refractivity contribution in [3.63, 3.8) is 0 Å². The van der Waals surface area contributed by atoms with Crippen molar-refractivity contribution in [3.8, 4) is 0 Å². The molecule has 114 valence electrons. The largest absolute Gasteiger partial charge is 0.384 e. The summed E-state index contributed by atoms with van der Waals surface area (Å²) in [4.78, 5) is 12.2. The van der Waals surface area contributed by atoms with Crippen LogP contribution in [0.3, 0.4) is 0 Å². The molecular weight excluding hydrogens is 336 g/mol. The molecule has 8 heteroatoms. The number of aryl methyl sites for hydroxylation is 2. The Morgan fingerprint density at radius 2 is 2.14 bits per heavy atom. The summed E-state index contributed by atoms with van der Waals surface area (Å²) in [6.45, 7) is 3.19. The van der Waals surface area contributed by atoms with Gasteiger partial charge in [-0.2, -0.15) is 10.2 Å². The number of halogens is 1. The number of rotatable bonds is 6. The number of hydrogen-bond acceptors (Lipinski definition) is 5. The first-order chi connectivity index (χ1) is 10.0. The Labute approximate surface area is 131 Å². The molecule has 3 N–H and O–H groups in total. The minimum atomic E-state index is -0.132. The van der Waals surface area contributed by atoms with Gasteiger partial charge in [-0.15, -0.1) is 0 Å². The number of nitrogens with one attached hydrogen (secondary N) is 1. The maximum absolute atomic E-state index is 12.2. The molecule has 0 atom stereocenters. The second kappa shape index (κ2) is 6.75. The zero-order valence-electron chi connectivity index (χ0n) is 12.1. The molecular formula is C13H19BrN6O. The molecule has 0 amide bonds. The van der Waals surface area contributed by atoms with Crippen LogP contribution in [-0.4, -0.2) is 19.6 Å². The molecule has 0 aliphatic heterocycles. The first-order valence-corrected chi connectivity index (χ1v) is 7.59. The van der Waals surface area contributed by atoms with E-state index in [0.717, 1.165) is 18.4 Å². The highest BCUT2D eigenvalue weighted by Crippen LogP contribution is 2.18. The Bertz CT molecular complexity index is 678. The van der Waals surface area contributed by atoms with E-state index in [0.29, 0.717) is 29.1 Å². The van der Waals surface area contributed by atoms with E-state index in [9.17, 15) is 4.79 Å². The van der Waals surface area contributed by atoms with Gasteiger partial charge in [-0.1, -0.05) is 13.3 Å². The molecule has 0 saturated carbocycles. The molecule has 2 heterocycles. The number of nitrogens with zero attached hydrogens (tertiary/aromatic N) is 4. The van der Waals surface area contributed by atoms with E-state index >= 15 is 0 Å². The van der Waals surface area contributed by atoms with Crippen LogP contribution in [-0.2, 0) is 20.1 Å². The van der Waals surface area contributed by atoms with Crippen LogP contribution in [0.15, 0.2) is 21.7 Å². The third kappa shape index (κ3) is 3.44. The summed E-state index contributed by atoms with van der Waals surface area (Å²) < 4.78 is 3.56. The van der Waals surface area contributed by atoms with E-state index in [1.165, 1.54) is 4.68 Å². The van der Waals surface area contributed by atoms with Crippen LogP contribution in [0.5, 0.6) is 0 Å². The van der Waals surface area contributed by atoms with Crippen molar-refractivity contribution in [2.45, 2.75) is 32.9 Å². The van der Waals surface area contributed by atoms with Crippen LogP contribution >= 0.6 is 15.9 Å². The topological polar surface area (TPSA) is 90.8 Å². The van der Waals surface area contributed by atoms with E-state index in [-0.39, 0.29) is 5.56 Å². The summed E-state index contributed by atoms with van der Waals surface area (Å²) in [7, 11) is 1.78. The molecule has 0 radical (unpaired) electrons. The second-order valence-electron chi connectivity index (χ2n) is 4.79. The number of unbranched alkanes of at least 4 members (excludes halogenated alkanes) is 1. The van der Waals surface area contributed by atoms with E-state index < -0.39 is 0 Å². The number of nitrogens with two attached hydrogens (primary N) is 1. The van der Waals surface area contributed by atoms with E-state index in [2.05, 4.69) is 38.4 Å². The smallest absolute Gasteiger partial charge is 0.283 e. The average molecular weight is 355 g/mol. The monoisotopic (exact) mass is 354 g/mol. The van der Waals surface area contributed by atoms with Gasteiger partial charge < -0.3 is 11.1 Å². The lowest BCUT2D eigenvalue weighted by atomic mass is 10.3. The Hall–Kier alpha value is -1.83. The van der Waals surface area contributed by atoms with Crippen LogP contribution in [0, 0.1) is 0 Å². The van der Waals surface area contributed by atoms with Gasteiger partial charge in [-0.3, -0.25) is 9.48 Å². The normalized spacial score (nSPS) is 10.8. The average Bonchev–Trinajstić information content (AvgIpc) is 2.79. The molecule has 0 aromatic carbocycles. The Morgan fingerprint density at radius 1 is 1.38 bits per heavy atom. The van der Waals surface area contributed by atoms with Gasteiger partial charge in [0.15, 0.2) is 0 Å². The fraction of sp³-hybridized carbons (Fsp3) is 0.462. The Balaban J connectivity index is 2.12. The highest BCUT2D eigenvalue weighted by atomic mass is 79.9. The molecule has 2 aromatic rings. The predicted molar refractivity (Wildman–Crippen MR) is 86.1 cm³/mol. The highest BCUT2D eigenvalue weighted by molar-refractivity contribution is 9.10. The van der Waals surface area contributed by atoms with Crippen LogP contribution < -0.4 is 16.6 Å². The lowest BCUT2D eigenvalue weighted by Gasteiger charge is -2.10. The van der Waals surface area contributed by atoms with Gasteiger partial charge in [0.05, 0.1) is 18.1 Å². The maximum atomic E-state index is 12.2. The number of anilines is 2. The van der Waals surface area contributed by atoms with Gasteiger partial charge in [0, 0.05) is 25.7 Å². The van der Waals surface area contributed by atoms with Crippen molar-refractivity contribution in [3.05, 3.63) is 32.8 Å². The quantitative estimate of drug-likeness (QED) is 0.824. The standard InChI is InChI=1S/C13H19BrN6O/c1-3-4-5-20-13(21)11(14)10(8-18-20)16-6-9-7-17-19(2)12(9)15/h7-8,16H,3-6,15H2,1-2H3. The fourth-order valence-electron chi connectivity index (χ4n) is 1.87. The maximum Gasteiger partial charge on any atom is 0.283 e. The predicted octanol–water partition coefficient (Wildman–Crippen LogP) is 1.73. The zero-order chi connectivity index (χ0) is 15.4. The van der Waals surface area contributed by atoms with E-state index in [4.69, 9.17) is 5.73 Å². The van der Waals surface area contributed by atoms with E-state index in [1.807, 2.05) is 0 Å². The molecule has 0 aliphatic carbocycles. The SMILES string of the molecule is CCCCn1ncc(NCc2cnn(C)c2N)c(Br)c1=O. The third-order valence-corrected chi connectivity index (χ3v) is 4.01. The van der Waals surface area contributed by atoms with Crippen LogP contribution in [0.4, 0.5) is 11.5 Å². The fourth-order valence-corrected chi connectivity index (χ4v) is 2.32. The summed E-state index contributed by atoms with van der Waals surface area (Å²) >= 11 is 3.33. The lowest BCUT2D eigenvalue weighted by Crippen LogP contribution is -2.24. The molecule has 0 spiro atoms. The van der Waals surface area contributed by atoms with Gasteiger partial charge in [-0.05, 0) is 22.4 Å². The molecule has 0 bridgehead atoms. The van der Waals surface area contributed by atoms with Crippen molar-refractivity contribution >= 4 is 27.4 Å². The Morgan fingerprint density at radius 3 is 2.76 bits per heavy atom. The molecule has 2 rings (SSSR count). The van der Waals surface area contributed by atoms with Gasteiger partial charge in [0.1, 0.15) is 10.3 Å². The molecule has 21 heavy (non-hydrogen) atoms. The number of hydrogen-bond donors (Lipinski definition) is 2. The van der Waals surface area contributed by atoms with Crippen molar-refractivity contribution in [1.29, 1.82) is 0 Å². The van der Waals surface area contributed by atoms with Crippen molar-refractivity contribution in [2.24, 2.45) is 7.05 Å². The van der Waals surface area contributed by atoms with Gasteiger partial charge in [0.2, 0.25) is 0 Å². The van der Waals surface area contributed by atoms with Crippen molar-refractivity contribution in [1.82, 2.24) is 19.6 Å². The zero-order valence-corrected chi connectivity index (χ0v) is 13.7. The number of aromatic nitrogens is 4. The van der Waals surface area contributed by atoms with Gasteiger partial charge in [-0.25, -0.2) is 4.68 Å². The molecule has 7 nitrogen and oxygen atoms in total. The van der Waals surface area contributed by atoms with Crippen LogP contribution in [0.1, 0.15) is 25.3 Å². The summed E-state index contributed by atoms with van der Waals surface area (Å²) in [5.74, 6) is 0.600. The highest BCUT2D eigenvalue weighted by Gasteiger charge is 2.10. The summed E-state index contributed by atoms with van der Waals surface area (Å²) in [5, 5.41) is 11.4. The summed E-state index contributed by atoms with van der Waals surface area (Å²) in [6.07, 6.45) is 5.30. The van der Waals surface area contributed by atoms with Crippen molar-refractivity contribution in [2.75, 3.05) is 11.1 Å². The first-order valence-electron chi connectivity index (χ1n) is 6.80. The minimum absolute atomic E-state index is 0.132. The van der Waals surface area contributed by atoms with Crippen LogP contribution in [0.25, 0.3) is 0 Å². The molecule has 0 fully saturated rings. The summed E-state index contributed by atoms with van der Waals surface area (Å²) in [5.41, 5.74) is 7.27. The third-order valence-electron chi connectivity index (χ3n) is 3.24. The second-order valence-corrected chi connectivity index (χ2v) is 5.58. The Kier molecular flexibility index (Phi) is 5.00. The number of nitrogen functional groups attached to an aromatic ring is 1. The van der Waals surface area contributed by atoms with Gasteiger partial charge in [0.25, 0.3) is 5.56 Å². The molecule has 0 unspecified atom stereocenters. The van der Waals surface area contributed by atoms with E-state index in [1.54, 1.807) is 24.1 Å². The van der Waals surface area contributed by atoms with Crippen LogP contribution in [0.2, 0.25) is 0 Å². The lowest BCUT2D eigenvalue weighted by molar-refractivity contribution is 0.541. The molecule has 2 aromatic heterocycles. The summed E-state index contributed by atoms with van der Waals surface area (Å²) in [6, 6.07) is 0. The molecule has 0 saturated heterocycles. The first kappa shape index (κ1) is 15.6.